The number of pyridine rings is 1. The lowest BCUT2D eigenvalue weighted by Crippen LogP contribution is -2.63. The summed E-state index contributed by atoms with van der Waals surface area (Å²) in [7, 11) is -4.53. The van der Waals surface area contributed by atoms with Crippen LogP contribution in [0.1, 0.15) is 119 Å². The van der Waals surface area contributed by atoms with E-state index in [0.717, 1.165) is 81.8 Å². The van der Waals surface area contributed by atoms with Crippen molar-refractivity contribution in [2.75, 3.05) is 42.9 Å². The smallest absolute Gasteiger partial charge is 0.293 e. The Kier molecular flexibility index (Phi) is 12.0. The van der Waals surface area contributed by atoms with Crippen LogP contribution >= 0.6 is 0 Å². The third-order valence-electron chi connectivity index (χ3n) is 14.8. The van der Waals surface area contributed by atoms with Gasteiger partial charge in [0, 0.05) is 68.2 Å². The molecule has 4 fully saturated rings. The molecule has 64 heavy (non-hydrogen) atoms. The molecular formula is C50H61N7O6S. The molecule has 1 spiro atoms. The second-order valence-electron chi connectivity index (χ2n) is 20.0. The molecule has 2 aromatic heterocycles. The van der Waals surface area contributed by atoms with Crippen molar-refractivity contribution in [1.29, 1.82) is 0 Å². The van der Waals surface area contributed by atoms with Crippen molar-refractivity contribution in [2.24, 2.45) is 16.7 Å². The van der Waals surface area contributed by atoms with Crippen molar-refractivity contribution in [3.8, 4) is 11.5 Å². The molecule has 4 aliphatic rings. The third-order valence-corrected chi connectivity index (χ3v) is 16.1. The number of nitro benzene ring substituents is 1. The van der Waals surface area contributed by atoms with Crippen molar-refractivity contribution in [3.63, 3.8) is 0 Å². The quantitative estimate of drug-likeness (QED) is 0.0766. The first-order valence-electron chi connectivity index (χ1n) is 23.1. The van der Waals surface area contributed by atoms with Gasteiger partial charge in [0.2, 0.25) is 0 Å². The number of nitro groups is 1. The van der Waals surface area contributed by atoms with E-state index in [1.54, 1.807) is 30.6 Å². The predicted molar refractivity (Wildman–Crippen MR) is 251 cm³/mol. The predicted octanol–water partition coefficient (Wildman–Crippen LogP) is 10.4. The number of ether oxygens (including phenoxy) is 1. The van der Waals surface area contributed by atoms with Gasteiger partial charge in [0.15, 0.2) is 0 Å². The summed E-state index contributed by atoms with van der Waals surface area (Å²) in [6, 6.07) is 22.2. The van der Waals surface area contributed by atoms with Crippen LogP contribution in [-0.2, 0) is 10.0 Å². The number of aromatic amines is 1. The lowest BCUT2D eigenvalue weighted by molar-refractivity contribution is -0.384. The summed E-state index contributed by atoms with van der Waals surface area (Å²) < 4.78 is 36.1. The third kappa shape index (κ3) is 9.08. The highest BCUT2D eigenvalue weighted by Crippen LogP contribution is 2.49. The molecule has 2 atom stereocenters. The normalized spacial score (nSPS) is 21.2. The minimum Gasteiger partial charge on any atom is -0.455 e. The van der Waals surface area contributed by atoms with E-state index in [-0.39, 0.29) is 33.0 Å². The summed E-state index contributed by atoms with van der Waals surface area (Å²) in [4.78, 5) is 37.8. The summed E-state index contributed by atoms with van der Waals surface area (Å²) >= 11 is 0. The average Bonchev–Trinajstić information content (AvgIpc) is 3.95. The Bertz CT molecular complexity index is 2640. The number of aromatic nitrogens is 2. The zero-order chi connectivity index (χ0) is 44.8. The molecule has 4 heterocycles. The second-order valence-corrected chi connectivity index (χ2v) is 21.7. The summed E-state index contributed by atoms with van der Waals surface area (Å²) in [5, 5.41) is 16.2. The van der Waals surface area contributed by atoms with Gasteiger partial charge in [0.25, 0.3) is 21.6 Å². The van der Waals surface area contributed by atoms with E-state index < -0.39 is 20.9 Å². The maximum Gasteiger partial charge on any atom is 0.293 e. The Hall–Kier alpha value is -5.47. The molecule has 2 saturated carbocycles. The van der Waals surface area contributed by atoms with E-state index >= 15 is 0 Å². The molecule has 9 rings (SSSR count). The molecule has 13 nitrogen and oxygen atoms in total. The van der Waals surface area contributed by atoms with Gasteiger partial charge in [-0.2, -0.15) is 0 Å². The van der Waals surface area contributed by atoms with Crippen molar-refractivity contribution in [3.05, 3.63) is 112 Å². The van der Waals surface area contributed by atoms with Gasteiger partial charge in [0.1, 0.15) is 22.8 Å². The molecule has 338 valence electrons. The number of H-pyrrole nitrogens is 1. The maximum absolute atomic E-state index is 14.0. The fourth-order valence-corrected chi connectivity index (χ4v) is 11.9. The number of rotatable bonds is 13. The molecule has 0 unspecified atom stereocenters. The molecule has 0 radical (unpaired) electrons. The Labute approximate surface area is 376 Å². The van der Waals surface area contributed by atoms with Crippen molar-refractivity contribution in [2.45, 2.75) is 108 Å². The molecule has 5 aromatic rings. The highest BCUT2D eigenvalue weighted by Gasteiger charge is 2.49. The summed E-state index contributed by atoms with van der Waals surface area (Å²) in [6.07, 6.45) is 13.4. The van der Waals surface area contributed by atoms with E-state index in [1.165, 1.54) is 42.5 Å². The van der Waals surface area contributed by atoms with Gasteiger partial charge in [0.05, 0.1) is 21.6 Å². The van der Waals surface area contributed by atoms with E-state index in [4.69, 9.17) is 4.74 Å². The number of likely N-dealkylation sites (tertiary alicyclic amines) is 1. The Morgan fingerprint density at radius 3 is 2.48 bits per heavy atom. The summed E-state index contributed by atoms with van der Waals surface area (Å²) in [5.41, 5.74) is 5.00. The van der Waals surface area contributed by atoms with Crippen LogP contribution in [0, 0.1) is 26.9 Å². The number of carbonyl (C=O) groups is 1. The van der Waals surface area contributed by atoms with Crippen LogP contribution in [-0.4, -0.2) is 72.9 Å². The minimum absolute atomic E-state index is 0.00166. The molecule has 14 heteroatoms. The fraction of sp³-hybridized carbons (Fsp3) is 0.480. The monoisotopic (exact) mass is 887 g/mol. The van der Waals surface area contributed by atoms with E-state index in [1.807, 2.05) is 12.1 Å². The SMILES string of the molecule is CC(C)c1ccccc1[C@@H]1CCC[C@@H]1N1CC2(CCN(c3ccc(C(=O)NS(=O)(=O)c4ccc(NCC5CCC(C)(C)CC5)c([N+](=O)[O-])c4)c(Oc4cnc5[nH]ccc5c4)c3)CC2)C1. The summed E-state index contributed by atoms with van der Waals surface area (Å²) in [5.74, 6) is 1.09. The number of hydrogen-bond acceptors (Lipinski definition) is 10. The Balaban J connectivity index is 0.895. The van der Waals surface area contributed by atoms with Crippen LogP contribution in [0.25, 0.3) is 11.0 Å². The molecule has 2 saturated heterocycles. The van der Waals surface area contributed by atoms with Gasteiger partial charge in [-0.05, 0) is 127 Å². The van der Waals surface area contributed by atoms with Crippen molar-refractivity contribution >= 4 is 44.0 Å². The Morgan fingerprint density at radius 1 is 0.969 bits per heavy atom. The first-order chi connectivity index (χ1) is 30.7. The highest BCUT2D eigenvalue weighted by atomic mass is 32.2. The van der Waals surface area contributed by atoms with Gasteiger partial charge >= 0.3 is 0 Å². The van der Waals surface area contributed by atoms with E-state index in [0.29, 0.717) is 47.2 Å². The van der Waals surface area contributed by atoms with Crippen LogP contribution in [0.5, 0.6) is 11.5 Å². The maximum atomic E-state index is 14.0. The number of fused-ring (bicyclic) bond motifs is 1. The van der Waals surface area contributed by atoms with Crippen molar-refractivity contribution in [1.82, 2.24) is 19.6 Å². The number of sulfonamides is 1. The molecule has 2 aliphatic heterocycles. The lowest BCUT2D eigenvalue weighted by atomic mass is 9.70. The molecule has 3 N–H and O–H groups in total. The van der Waals surface area contributed by atoms with Gasteiger partial charge in [-0.25, -0.2) is 18.1 Å². The number of hydrogen-bond donors (Lipinski definition) is 3. The molecule has 2 aliphatic carbocycles. The number of piperidine rings is 1. The van der Waals surface area contributed by atoms with Crippen molar-refractivity contribution < 1.29 is 22.9 Å². The molecule has 3 aromatic carbocycles. The lowest BCUT2D eigenvalue weighted by Gasteiger charge is -2.57. The molecule has 0 bridgehead atoms. The largest absolute Gasteiger partial charge is 0.455 e. The van der Waals surface area contributed by atoms with Crippen LogP contribution in [0.4, 0.5) is 17.1 Å². The Morgan fingerprint density at radius 2 is 1.73 bits per heavy atom. The number of amides is 1. The van der Waals surface area contributed by atoms with Crippen LogP contribution < -0.4 is 19.7 Å². The van der Waals surface area contributed by atoms with Crippen LogP contribution in [0.2, 0.25) is 0 Å². The zero-order valence-corrected chi connectivity index (χ0v) is 38.3. The van der Waals surface area contributed by atoms with Gasteiger partial charge in [-0.15, -0.1) is 0 Å². The first-order valence-corrected chi connectivity index (χ1v) is 24.6. The van der Waals surface area contributed by atoms with E-state index in [2.05, 4.69) is 81.8 Å². The van der Waals surface area contributed by atoms with Crippen LogP contribution in [0.15, 0.2) is 90.1 Å². The zero-order valence-electron chi connectivity index (χ0n) is 37.4. The topological polar surface area (TPSA) is 163 Å². The van der Waals surface area contributed by atoms with Crippen LogP contribution in [0.3, 0.4) is 0 Å². The number of nitrogens with zero attached hydrogens (tertiary/aromatic N) is 4. The number of carbonyl (C=O) groups excluding carboxylic acids is 1. The van der Waals surface area contributed by atoms with Gasteiger partial charge < -0.3 is 19.9 Å². The molecular weight excluding hydrogens is 827 g/mol. The highest BCUT2D eigenvalue weighted by molar-refractivity contribution is 7.90. The fourth-order valence-electron chi connectivity index (χ4n) is 10.9. The second kappa shape index (κ2) is 17.5. The van der Waals surface area contributed by atoms with Gasteiger partial charge in [-0.3, -0.25) is 19.8 Å². The summed E-state index contributed by atoms with van der Waals surface area (Å²) in [6.45, 7) is 13.6. The number of nitrogens with one attached hydrogen (secondary N) is 3. The molecule has 1 amide bonds. The number of anilines is 2. The standard InChI is InChI=1S/C50H61N7O6S/c1-33(2)39-8-5-6-9-40(39)41-10-7-11-44(41)56-31-50(32-56)21-24-55(25-22-50)36-12-14-42(46(27-36)63-37-26-35-18-23-51-47(35)53-30-37)48(58)54-64(61,62)38-13-15-43(45(28-38)57(59)60)52-29-34-16-19-49(3,4)20-17-34/h5-6,8-9,12-15,18,23,26-28,30,33-34,41,44,52H,7,10-11,16-17,19-22,24-25,29,31-32H2,1-4H3,(H,51,53)(H,54,58)/t41-,44-/m0/s1. The van der Waals surface area contributed by atoms with E-state index in [9.17, 15) is 23.3 Å². The van der Waals surface area contributed by atoms with Gasteiger partial charge in [-0.1, -0.05) is 58.4 Å². The first kappa shape index (κ1) is 43.8. The minimum atomic E-state index is -4.53. The number of benzene rings is 3. The average molecular weight is 888 g/mol.